The van der Waals surface area contributed by atoms with E-state index in [2.05, 4.69) is 19.8 Å². The van der Waals surface area contributed by atoms with Crippen molar-refractivity contribution in [3.63, 3.8) is 0 Å². The molecule has 4 aliphatic carbocycles. The first-order chi connectivity index (χ1) is 11.8. The first kappa shape index (κ1) is 16.9. The fourth-order valence-electron chi connectivity index (χ4n) is 6.90. The molecule has 3 nitrogen and oxygen atoms in total. The second-order valence-corrected chi connectivity index (χ2v) is 9.20. The first-order valence-electron chi connectivity index (χ1n) is 9.58. The van der Waals surface area contributed by atoms with Gasteiger partial charge in [-0.05, 0) is 74.2 Å². The average molecular weight is 340 g/mol. The van der Waals surface area contributed by atoms with Crippen LogP contribution < -0.4 is 0 Å². The molecule has 0 radical (unpaired) electrons. The molecule has 0 aliphatic heterocycles. The molecule has 0 aromatic carbocycles. The molecule has 0 aromatic rings. The van der Waals surface area contributed by atoms with Gasteiger partial charge in [0.15, 0.2) is 5.78 Å². The van der Waals surface area contributed by atoms with Crippen LogP contribution in [0.2, 0.25) is 0 Å². The van der Waals surface area contributed by atoms with Crippen molar-refractivity contribution in [2.45, 2.75) is 64.4 Å². The minimum Gasteiger partial charge on any atom is -0.515 e. The van der Waals surface area contributed by atoms with Gasteiger partial charge in [0, 0.05) is 11.0 Å². The Bertz CT molecular complexity index is 726. The number of allylic oxidation sites excluding steroid dienone is 2. The van der Waals surface area contributed by atoms with Gasteiger partial charge in [-0.15, -0.1) is 6.42 Å². The molecule has 0 amide bonds. The molecule has 0 aromatic heterocycles. The Labute approximate surface area is 150 Å². The Hall–Kier alpha value is -1.53. The van der Waals surface area contributed by atoms with Crippen molar-refractivity contribution in [2.75, 3.05) is 0 Å². The summed E-state index contributed by atoms with van der Waals surface area (Å²) >= 11 is 0. The number of aliphatic hydroxyl groups is 2. The van der Waals surface area contributed by atoms with Crippen LogP contribution in [-0.4, -0.2) is 21.6 Å². The van der Waals surface area contributed by atoms with Crippen LogP contribution in [0.4, 0.5) is 0 Å². The predicted octanol–water partition coefficient (Wildman–Crippen LogP) is 3.93. The number of ketones is 1. The van der Waals surface area contributed by atoms with Gasteiger partial charge < -0.3 is 10.2 Å². The van der Waals surface area contributed by atoms with Crippen LogP contribution >= 0.6 is 0 Å². The summed E-state index contributed by atoms with van der Waals surface area (Å²) < 4.78 is 0. The van der Waals surface area contributed by atoms with Gasteiger partial charge in [0.1, 0.15) is 5.60 Å². The monoisotopic (exact) mass is 340 g/mol. The predicted molar refractivity (Wildman–Crippen MR) is 96.6 cm³/mol. The summed E-state index contributed by atoms with van der Waals surface area (Å²) in [4.78, 5) is 12.2. The molecule has 25 heavy (non-hydrogen) atoms. The largest absolute Gasteiger partial charge is 0.515 e. The smallest absolute Gasteiger partial charge is 0.184 e. The minimum atomic E-state index is -0.974. The van der Waals surface area contributed by atoms with Gasteiger partial charge >= 0.3 is 0 Å². The normalized spacial score (nSPS) is 50.5. The van der Waals surface area contributed by atoms with Crippen molar-refractivity contribution in [3.05, 3.63) is 23.5 Å². The Kier molecular flexibility index (Phi) is 3.54. The zero-order chi connectivity index (χ0) is 18.0. The van der Waals surface area contributed by atoms with Gasteiger partial charge in [-0.25, -0.2) is 0 Å². The zero-order valence-corrected chi connectivity index (χ0v) is 15.2. The third-order valence-electron chi connectivity index (χ3n) is 8.46. The molecule has 134 valence electrons. The van der Waals surface area contributed by atoms with Crippen LogP contribution in [-0.2, 0) is 4.79 Å². The summed E-state index contributed by atoms with van der Waals surface area (Å²) in [5.74, 6) is 4.17. The summed E-state index contributed by atoms with van der Waals surface area (Å²) in [6, 6.07) is 0. The van der Waals surface area contributed by atoms with E-state index in [0.29, 0.717) is 36.2 Å². The van der Waals surface area contributed by atoms with Gasteiger partial charge in [0.25, 0.3) is 0 Å². The molecule has 0 heterocycles. The molecular formula is C22H28O3. The van der Waals surface area contributed by atoms with E-state index in [0.717, 1.165) is 38.4 Å². The van der Waals surface area contributed by atoms with E-state index in [-0.39, 0.29) is 16.6 Å². The molecule has 0 saturated heterocycles. The summed E-state index contributed by atoms with van der Waals surface area (Å²) in [6.45, 7) is 4.47. The van der Waals surface area contributed by atoms with Crippen LogP contribution in [0.1, 0.15) is 58.8 Å². The first-order valence-corrected chi connectivity index (χ1v) is 9.58. The second kappa shape index (κ2) is 5.24. The third kappa shape index (κ3) is 2.01. The highest BCUT2D eigenvalue weighted by atomic mass is 16.3. The number of carbonyl (C=O) groups excluding carboxylic acids is 1. The quantitative estimate of drug-likeness (QED) is 0.399. The molecule has 4 rings (SSSR count). The standard InChI is InChI=1S/C22H28O3/c1-4-22(25)10-8-18-16-6-5-15-11-19(24)14(13-23)12-20(15,2)17(16)7-9-21(18,22)3/h1,11,13,16-18,23,25H,5-10,12H2,2-3H3. The Balaban J connectivity index is 1.72. The maximum Gasteiger partial charge on any atom is 0.184 e. The van der Waals surface area contributed by atoms with Crippen molar-refractivity contribution in [1.82, 2.24) is 0 Å². The number of aliphatic hydroxyl groups excluding tert-OH is 1. The van der Waals surface area contributed by atoms with Crippen LogP contribution in [0.3, 0.4) is 0 Å². The third-order valence-corrected chi connectivity index (χ3v) is 8.46. The van der Waals surface area contributed by atoms with Gasteiger partial charge in [0.2, 0.25) is 0 Å². The van der Waals surface area contributed by atoms with Gasteiger partial charge in [0.05, 0.1) is 6.26 Å². The Morgan fingerprint density at radius 3 is 2.64 bits per heavy atom. The molecule has 0 bridgehead atoms. The minimum absolute atomic E-state index is 0.0309. The van der Waals surface area contributed by atoms with E-state index in [1.165, 1.54) is 5.57 Å². The molecule has 0 spiro atoms. The van der Waals surface area contributed by atoms with Crippen LogP contribution in [0.15, 0.2) is 23.5 Å². The van der Waals surface area contributed by atoms with Gasteiger partial charge in [-0.2, -0.15) is 0 Å². The molecule has 2 N–H and O–H groups in total. The lowest BCUT2D eigenvalue weighted by Crippen LogP contribution is -2.54. The maximum absolute atomic E-state index is 12.2. The summed E-state index contributed by atoms with van der Waals surface area (Å²) in [5.41, 5.74) is 0.577. The Morgan fingerprint density at radius 1 is 1.24 bits per heavy atom. The molecule has 3 fully saturated rings. The van der Waals surface area contributed by atoms with E-state index in [1.807, 2.05) is 0 Å². The fraction of sp³-hybridized carbons (Fsp3) is 0.682. The van der Waals surface area contributed by atoms with E-state index in [9.17, 15) is 15.0 Å². The Morgan fingerprint density at radius 2 is 1.96 bits per heavy atom. The van der Waals surface area contributed by atoms with Gasteiger partial charge in [-0.3, -0.25) is 4.79 Å². The average Bonchev–Trinajstić information content (AvgIpc) is 2.87. The zero-order valence-electron chi connectivity index (χ0n) is 15.2. The summed E-state index contributed by atoms with van der Waals surface area (Å²) in [5, 5.41) is 20.5. The van der Waals surface area contributed by atoms with Crippen molar-refractivity contribution in [1.29, 1.82) is 0 Å². The van der Waals surface area contributed by atoms with E-state index in [1.54, 1.807) is 6.08 Å². The van der Waals surface area contributed by atoms with E-state index >= 15 is 0 Å². The molecule has 4 aliphatic rings. The van der Waals surface area contributed by atoms with Crippen LogP contribution in [0, 0.1) is 40.9 Å². The number of carbonyl (C=O) groups is 1. The van der Waals surface area contributed by atoms with Crippen molar-refractivity contribution in [2.24, 2.45) is 28.6 Å². The second-order valence-electron chi connectivity index (χ2n) is 9.20. The SMILES string of the molecule is C#CC1(O)CCC2C3CCC4=CC(=O)C(=CO)CC4(C)C3CCC21C. The number of hydrogen-bond acceptors (Lipinski definition) is 3. The molecule has 3 saturated carbocycles. The van der Waals surface area contributed by atoms with Crippen molar-refractivity contribution in [3.8, 4) is 12.3 Å². The van der Waals surface area contributed by atoms with Crippen LogP contribution in [0.5, 0.6) is 0 Å². The number of hydrogen-bond donors (Lipinski definition) is 2. The maximum atomic E-state index is 12.2. The fourth-order valence-corrected chi connectivity index (χ4v) is 6.90. The van der Waals surface area contributed by atoms with Gasteiger partial charge in [-0.1, -0.05) is 25.3 Å². The lowest BCUT2D eigenvalue weighted by Gasteiger charge is -2.58. The highest BCUT2D eigenvalue weighted by Gasteiger charge is 2.63. The lowest BCUT2D eigenvalue weighted by atomic mass is 9.46. The van der Waals surface area contributed by atoms with E-state index < -0.39 is 5.60 Å². The molecule has 6 atom stereocenters. The van der Waals surface area contributed by atoms with Crippen molar-refractivity contribution >= 4 is 5.78 Å². The topological polar surface area (TPSA) is 57.5 Å². The van der Waals surface area contributed by atoms with Crippen LogP contribution in [0.25, 0.3) is 0 Å². The summed E-state index contributed by atoms with van der Waals surface area (Å²) in [6.07, 6.45) is 14.8. The number of fused-ring (bicyclic) bond motifs is 5. The highest BCUT2D eigenvalue weighted by Crippen LogP contribution is 2.67. The summed E-state index contributed by atoms with van der Waals surface area (Å²) in [7, 11) is 0. The molecule has 3 heteroatoms. The van der Waals surface area contributed by atoms with E-state index in [4.69, 9.17) is 6.42 Å². The van der Waals surface area contributed by atoms with Crippen molar-refractivity contribution < 1.29 is 15.0 Å². The number of terminal acetylenes is 1. The molecule has 6 unspecified atom stereocenters. The highest BCUT2D eigenvalue weighted by molar-refractivity contribution is 6.05. The number of rotatable bonds is 0. The molecular weight excluding hydrogens is 312 g/mol. The lowest BCUT2D eigenvalue weighted by molar-refractivity contribution is -0.115.